The Morgan fingerprint density at radius 1 is 1.03 bits per heavy atom. The summed E-state index contributed by atoms with van der Waals surface area (Å²) in [6.45, 7) is 0.375. The standard InChI is InChI=1S/C26H27N3O2/c1-30-24-14-13-18(15-19(24)17-31-20-9-5-4-6-10-20)25-21-11-7-2-3-8-12-23(21)29-26(28)22(25)16-27/h4-6,9-10,13-15H,2-3,7-8,11-12,17H2,1H3,(H2,28,29)/p+1. The van der Waals surface area contributed by atoms with Crippen LogP contribution in [0.2, 0.25) is 0 Å². The van der Waals surface area contributed by atoms with Gasteiger partial charge in [0.25, 0.3) is 5.82 Å². The number of para-hydroxylation sites is 1. The maximum absolute atomic E-state index is 9.91. The van der Waals surface area contributed by atoms with E-state index in [-0.39, 0.29) is 0 Å². The molecule has 0 radical (unpaired) electrons. The van der Waals surface area contributed by atoms with E-state index in [0.717, 1.165) is 59.6 Å². The number of benzene rings is 2. The number of aryl methyl sites for hydroxylation is 1. The van der Waals surface area contributed by atoms with Crippen molar-refractivity contribution in [1.29, 1.82) is 5.26 Å². The van der Waals surface area contributed by atoms with Gasteiger partial charge in [0, 0.05) is 23.1 Å². The molecule has 2 aromatic carbocycles. The lowest BCUT2D eigenvalue weighted by molar-refractivity contribution is -0.374. The molecule has 0 bridgehead atoms. The van der Waals surface area contributed by atoms with Crippen LogP contribution in [-0.4, -0.2) is 7.11 Å². The number of nitriles is 1. The molecule has 1 aliphatic carbocycles. The molecule has 4 rings (SSSR count). The topological polar surface area (TPSA) is 82.4 Å². The number of methoxy groups -OCH3 is 1. The Kier molecular flexibility index (Phi) is 6.37. The van der Waals surface area contributed by atoms with E-state index in [0.29, 0.717) is 18.0 Å². The van der Waals surface area contributed by atoms with E-state index in [2.05, 4.69) is 17.1 Å². The summed E-state index contributed by atoms with van der Waals surface area (Å²) in [5, 5.41) is 9.91. The molecule has 0 aliphatic heterocycles. The first-order valence-corrected chi connectivity index (χ1v) is 10.8. The van der Waals surface area contributed by atoms with Gasteiger partial charge in [0.15, 0.2) is 0 Å². The van der Waals surface area contributed by atoms with Crippen LogP contribution in [0.3, 0.4) is 0 Å². The molecule has 0 amide bonds. The van der Waals surface area contributed by atoms with E-state index >= 15 is 0 Å². The van der Waals surface area contributed by atoms with Crippen molar-refractivity contribution in [2.75, 3.05) is 12.8 Å². The van der Waals surface area contributed by atoms with Crippen LogP contribution in [0.4, 0.5) is 5.82 Å². The highest BCUT2D eigenvalue weighted by molar-refractivity contribution is 5.78. The first kappa shape index (κ1) is 20.7. The molecule has 0 saturated heterocycles. The number of anilines is 1. The number of rotatable bonds is 5. The molecule has 1 aromatic heterocycles. The average Bonchev–Trinajstić information content (AvgIpc) is 2.78. The molecule has 0 unspecified atom stereocenters. The Balaban J connectivity index is 1.79. The summed E-state index contributed by atoms with van der Waals surface area (Å²) in [7, 11) is 1.66. The summed E-state index contributed by atoms with van der Waals surface area (Å²) in [5.41, 5.74) is 12.0. The first-order chi connectivity index (χ1) is 15.2. The van der Waals surface area contributed by atoms with Gasteiger partial charge < -0.3 is 9.47 Å². The highest BCUT2D eigenvalue weighted by atomic mass is 16.5. The van der Waals surface area contributed by atoms with Crippen LogP contribution in [0.5, 0.6) is 11.5 Å². The van der Waals surface area contributed by atoms with Gasteiger partial charge in [-0.2, -0.15) is 5.26 Å². The number of nitrogens with one attached hydrogen (secondary N) is 1. The van der Waals surface area contributed by atoms with Crippen LogP contribution in [0.1, 0.15) is 48.1 Å². The van der Waals surface area contributed by atoms with Crippen molar-refractivity contribution in [3.05, 3.63) is 70.9 Å². The molecule has 3 aromatic rings. The fourth-order valence-corrected chi connectivity index (χ4v) is 4.34. The van der Waals surface area contributed by atoms with Crippen molar-refractivity contribution < 1.29 is 14.5 Å². The fraction of sp³-hybridized carbons (Fsp3) is 0.308. The Bertz CT molecular complexity index is 1100. The number of hydrogen-bond acceptors (Lipinski definition) is 4. The lowest BCUT2D eigenvalue weighted by Crippen LogP contribution is -2.23. The van der Waals surface area contributed by atoms with E-state index in [1.54, 1.807) is 7.11 Å². The van der Waals surface area contributed by atoms with Crippen molar-refractivity contribution in [2.45, 2.75) is 45.1 Å². The summed E-state index contributed by atoms with van der Waals surface area (Å²) in [4.78, 5) is 3.31. The van der Waals surface area contributed by atoms with E-state index < -0.39 is 0 Å². The molecule has 31 heavy (non-hydrogen) atoms. The number of hydrogen-bond donors (Lipinski definition) is 1. The minimum absolute atomic E-state index is 0.375. The largest absolute Gasteiger partial charge is 0.496 e. The summed E-state index contributed by atoms with van der Waals surface area (Å²) < 4.78 is 11.6. The molecule has 0 atom stereocenters. The zero-order chi connectivity index (χ0) is 21.6. The lowest BCUT2D eigenvalue weighted by atomic mass is 9.87. The van der Waals surface area contributed by atoms with E-state index in [1.165, 1.54) is 18.4 Å². The van der Waals surface area contributed by atoms with Crippen molar-refractivity contribution in [3.63, 3.8) is 0 Å². The SMILES string of the molecule is COc1ccc(-c2c(C#N)c(N)[nH+]c3c2CCCCCC3)cc1COc1ccccc1. The third kappa shape index (κ3) is 4.49. The second-order valence-corrected chi connectivity index (χ2v) is 7.90. The van der Waals surface area contributed by atoms with E-state index in [4.69, 9.17) is 15.2 Å². The quantitative estimate of drug-likeness (QED) is 0.646. The molecule has 0 spiro atoms. The van der Waals surface area contributed by atoms with Gasteiger partial charge in [-0.25, -0.2) is 4.98 Å². The van der Waals surface area contributed by atoms with Crippen LogP contribution in [0.15, 0.2) is 48.5 Å². The molecule has 0 fully saturated rings. The molecule has 0 saturated carbocycles. The number of nitrogens with zero attached hydrogens (tertiary/aromatic N) is 1. The highest BCUT2D eigenvalue weighted by Gasteiger charge is 2.24. The van der Waals surface area contributed by atoms with Gasteiger partial charge >= 0.3 is 0 Å². The fourth-order valence-electron chi connectivity index (χ4n) is 4.34. The number of aromatic amines is 1. The van der Waals surface area contributed by atoms with Crippen LogP contribution < -0.4 is 20.2 Å². The second-order valence-electron chi connectivity index (χ2n) is 7.90. The third-order valence-corrected chi connectivity index (χ3v) is 5.89. The Morgan fingerprint density at radius 2 is 1.81 bits per heavy atom. The number of aromatic nitrogens is 1. The Morgan fingerprint density at radius 3 is 2.55 bits per heavy atom. The van der Waals surface area contributed by atoms with Crippen LogP contribution in [-0.2, 0) is 19.4 Å². The number of nitrogen functional groups attached to an aromatic ring is 1. The van der Waals surface area contributed by atoms with Gasteiger partial charge in [0.2, 0.25) is 0 Å². The predicted molar refractivity (Wildman–Crippen MR) is 121 cm³/mol. The third-order valence-electron chi connectivity index (χ3n) is 5.89. The molecule has 1 aliphatic rings. The smallest absolute Gasteiger partial charge is 0.289 e. The van der Waals surface area contributed by atoms with E-state index in [1.807, 2.05) is 42.5 Å². The summed E-state index contributed by atoms with van der Waals surface area (Å²) in [6.07, 6.45) is 6.59. The molecule has 158 valence electrons. The molecule has 5 heteroatoms. The zero-order valence-corrected chi connectivity index (χ0v) is 17.9. The van der Waals surface area contributed by atoms with Crippen molar-refractivity contribution in [3.8, 4) is 28.7 Å². The van der Waals surface area contributed by atoms with E-state index in [9.17, 15) is 5.26 Å². The van der Waals surface area contributed by atoms with Crippen molar-refractivity contribution in [2.24, 2.45) is 0 Å². The molecule has 5 nitrogen and oxygen atoms in total. The van der Waals surface area contributed by atoms with Gasteiger partial charge in [0.05, 0.1) is 7.11 Å². The second kappa shape index (κ2) is 9.53. The number of fused-ring (bicyclic) bond motifs is 1. The molecule has 1 heterocycles. The minimum Gasteiger partial charge on any atom is -0.496 e. The van der Waals surface area contributed by atoms with Crippen molar-refractivity contribution >= 4 is 5.82 Å². The van der Waals surface area contributed by atoms with Crippen LogP contribution in [0, 0.1) is 11.3 Å². The summed E-state index contributed by atoms with van der Waals surface area (Å²) in [6, 6.07) is 18.1. The normalized spacial score (nSPS) is 13.4. The number of nitrogens with two attached hydrogens (primary N) is 1. The molecule has 3 N–H and O–H groups in total. The first-order valence-electron chi connectivity index (χ1n) is 10.8. The Hall–Kier alpha value is -3.52. The van der Waals surface area contributed by atoms with Gasteiger partial charge in [0.1, 0.15) is 35.4 Å². The van der Waals surface area contributed by atoms with Crippen LogP contribution in [0.25, 0.3) is 11.1 Å². The minimum atomic E-state index is 0.375. The average molecular weight is 415 g/mol. The Labute approximate surface area is 183 Å². The summed E-state index contributed by atoms with van der Waals surface area (Å²) >= 11 is 0. The van der Waals surface area contributed by atoms with Gasteiger partial charge in [-0.05, 0) is 49.1 Å². The maximum atomic E-state index is 9.91. The van der Waals surface area contributed by atoms with Gasteiger partial charge in [-0.1, -0.05) is 37.1 Å². The molecular formula is C26H28N3O2+. The van der Waals surface area contributed by atoms with Gasteiger partial charge in [-0.3, -0.25) is 5.73 Å². The van der Waals surface area contributed by atoms with Crippen molar-refractivity contribution in [1.82, 2.24) is 0 Å². The number of ether oxygens (including phenoxy) is 2. The van der Waals surface area contributed by atoms with Crippen LogP contribution >= 0.6 is 0 Å². The van der Waals surface area contributed by atoms with Gasteiger partial charge in [-0.15, -0.1) is 0 Å². The highest BCUT2D eigenvalue weighted by Crippen LogP contribution is 2.36. The number of pyridine rings is 1. The summed E-state index contributed by atoms with van der Waals surface area (Å²) in [5.74, 6) is 2.00. The maximum Gasteiger partial charge on any atom is 0.289 e. The zero-order valence-electron chi connectivity index (χ0n) is 17.9. The predicted octanol–water partition coefficient (Wildman–Crippen LogP) is 4.87. The lowest BCUT2D eigenvalue weighted by Gasteiger charge is -2.19. The molecular weight excluding hydrogens is 386 g/mol. The monoisotopic (exact) mass is 414 g/mol. The number of H-pyrrole nitrogens is 1.